The van der Waals surface area contributed by atoms with Gasteiger partial charge in [0, 0.05) is 18.8 Å². The number of amides is 2. The second-order valence-electron chi connectivity index (χ2n) is 8.50. The molecule has 2 aromatic rings. The van der Waals surface area contributed by atoms with E-state index in [9.17, 15) is 14.0 Å². The highest BCUT2D eigenvalue weighted by Gasteiger charge is 2.42. The van der Waals surface area contributed by atoms with E-state index in [-0.39, 0.29) is 24.2 Å². The van der Waals surface area contributed by atoms with E-state index in [1.54, 1.807) is 36.4 Å². The number of nitrogens with one attached hydrogen (secondary N) is 1. The fourth-order valence-corrected chi connectivity index (χ4v) is 4.66. The molecule has 6 heteroatoms. The quantitative estimate of drug-likeness (QED) is 0.733. The predicted molar refractivity (Wildman–Crippen MR) is 118 cm³/mol. The summed E-state index contributed by atoms with van der Waals surface area (Å²) in [5.74, 6) is 0.245. The average Bonchev–Trinajstić information content (AvgIpc) is 3.31. The smallest absolute Gasteiger partial charge is 0.260 e. The number of rotatable bonds is 6. The first-order chi connectivity index (χ1) is 15.1. The molecular formula is C25H29FN2O3. The normalized spacial score (nSPS) is 17.9. The monoisotopic (exact) mass is 424 g/mol. The van der Waals surface area contributed by atoms with E-state index in [4.69, 9.17) is 4.74 Å². The molecule has 5 nitrogen and oxygen atoms in total. The van der Waals surface area contributed by atoms with Crippen LogP contribution in [0.2, 0.25) is 0 Å². The Bertz CT molecular complexity index is 899. The van der Waals surface area contributed by atoms with Gasteiger partial charge < -0.3 is 15.0 Å². The lowest BCUT2D eigenvalue weighted by atomic mass is 9.78. The lowest BCUT2D eigenvalue weighted by molar-refractivity contribution is -0.134. The molecule has 2 fully saturated rings. The minimum atomic E-state index is -0.621. The van der Waals surface area contributed by atoms with Gasteiger partial charge in [0.25, 0.3) is 5.91 Å². The van der Waals surface area contributed by atoms with Crippen LogP contribution in [0.1, 0.15) is 50.5 Å². The van der Waals surface area contributed by atoms with Gasteiger partial charge in [-0.25, -0.2) is 4.39 Å². The Morgan fingerprint density at radius 2 is 1.55 bits per heavy atom. The van der Waals surface area contributed by atoms with Gasteiger partial charge in [0.1, 0.15) is 11.6 Å². The van der Waals surface area contributed by atoms with Crippen LogP contribution >= 0.6 is 0 Å². The summed E-state index contributed by atoms with van der Waals surface area (Å²) in [6.45, 7) is 1.64. The summed E-state index contributed by atoms with van der Waals surface area (Å²) < 4.78 is 19.0. The number of likely N-dealkylation sites (tertiary alicyclic amines) is 1. The molecule has 2 aliphatic rings. The first-order valence-corrected chi connectivity index (χ1v) is 11.1. The molecule has 4 rings (SSSR count). The largest absolute Gasteiger partial charge is 0.484 e. The topological polar surface area (TPSA) is 58.6 Å². The fourth-order valence-electron chi connectivity index (χ4n) is 4.66. The van der Waals surface area contributed by atoms with Gasteiger partial charge in [-0.3, -0.25) is 9.59 Å². The Balaban J connectivity index is 1.37. The van der Waals surface area contributed by atoms with Gasteiger partial charge in [0.2, 0.25) is 5.91 Å². The molecule has 1 saturated heterocycles. The predicted octanol–water partition coefficient (Wildman–Crippen LogP) is 4.67. The highest BCUT2D eigenvalue weighted by molar-refractivity contribution is 5.99. The number of nitrogens with zero attached hydrogens (tertiary/aromatic N) is 1. The molecule has 1 N–H and O–H groups in total. The number of carbonyl (C=O) groups excluding carboxylic acids is 2. The molecule has 1 heterocycles. The van der Waals surface area contributed by atoms with Crippen molar-refractivity contribution < 1.29 is 18.7 Å². The van der Waals surface area contributed by atoms with E-state index in [2.05, 4.69) is 5.32 Å². The van der Waals surface area contributed by atoms with Crippen molar-refractivity contribution in [2.24, 2.45) is 0 Å². The molecule has 0 atom stereocenters. The lowest BCUT2D eigenvalue weighted by Gasteiger charge is -2.28. The molecule has 1 aliphatic heterocycles. The van der Waals surface area contributed by atoms with Crippen LogP contribution in [-0.2, 0) is 15.0 Å². The molecule has 0 spiro atoms. The molecule has 31 heavy (non-hydrogen) atoms. The number of ether oxygens (including phenoxy) is 1. The molecular weight excluding hydrogens is 395 g/mol. The van der Waals surface area contributed by atoms with Crippen molar-refractivity contribution in [1.29, 1.82) is 0 Å². The van der Waals surface area contributed by atoms with E-state index < -0.39 is 5.41 Å². The third-order valence-corrected chi connectivity index (χ3v) is 6.47. The first-order valence-electron chi connectivity index (χ1n) is 11.1. The lowest BCUT2D eigenvalue weighted by Crippen LogP contribution is -2.38. The SMILES string of the molecule is O=C(COc1ccc(NC(=O)C2(c3ccc(F)cc3)CCCC2)cc1)N1CCCCC1. The van der Waals surface area contributed by atoms with Gasteiger partial charge in [0.05, 0.1) is 5.41 Å². The summed E-state index contributed by atoms with van der Waals surface area (Å²) in [6, 6.07) is 13.4. The average molecular weight is 425 g/mol. The first kappa shape index (κ1) is 21.3. The molecule has 1 aliphatic carbocycles. The van der Waals surface area contributed by atoms with E-state index in [0.717, 1.165) is 57.2 Å². The number of carbonyl (C=O) groups is 2. The fraction of sp³-hybridized carbons (Fsp3) is 0.440. The van der Waals surface area contributed by atoms with Crippen LogP contribution in [-0.4, -0.2) is 36.4 Å². The summed E-state index contributed by atoms with van der Waals surface area (Å²) in [4.78, 5) is 27.3. The number of anilines is 1. The van der Waals surface area contributed by atoms with Crippen LogP contribution in [0.4, 0.5) is 10.1 Å². The van der Waals surface area contributed by atoms with Crippen molar-refractivity contribution in [3.63, 3.8) is 0 Å². The minimum Gasteiger partial charge on any atom is -0.484 e. The van der Waals surface area contributed by atoms with E-state index in [1.165, 1.54) is 18.6 Å². The Kier molecular flexibility index (Phi) is 6.54. The van der Waals surface area contributed by atoms with Crippen molar-refractivity contribution in [3.05, 3.63) is 59.9 Å². The van der Waals surface area contributed by atoms with Crippen molar-refractivity contribution >= 4 is 17.5 Å². The zero-order valence-corrected chi connectivity index (χ0v) is 17.7. The Morgan fingerprint density at radius 3 is 2.19 bits per heavy atom. The van der Waals surface area contributed by atoms with Crippen molar-refractivity contribution in [1.82, 2.24) is 4.90 Å². The van der Waals surface area contributed by atoms with Gasteiger partial charge >= 0.3 is 0 Å². The maximum absolute atomic E-state index is 13.4. The van der Waals surface area contributed by atoms with E-state index >= 15 is 0 Å². The van der Waals surface area contributed by atoms with Gasteiger partial charge in [0.15, 0.2) is 6.61 Å². The molecule has 0 bridgehead atoms. The molecule has 0 radical (unpaired) electrons. The summed E-state index contributed by atoms with van der Waals surface area (Å²) in [5.41, 5.74) is 0.914. The van der Waals surface area contributed by atoms with Crippen molar-refractivity contribution in [2.75, 3.05) is 25.0 Å². The summed E-state index contributed by atoms with van der Waals surface area (Å²) in [5, 5.41) is 3.02. The third kappa shape index (κ3) is 4.89. The second kappa shape index (κ2) is 9.50. The number of halogens is 1. The molecule has 1 saturated carbocycles. The number of piperidine rings is 1. The Labute approximate surface area is 182 Å². The highest BCUT2D eigenvalue weighted by Crippen LogP contribution is 2.42. The maximum Gasteiger partial charge on any atom is 0.260 e. The van der Waals surface area contributed by atoms with E-state index in [1.807, 2.05) is 4.90 Å². The minimum absolute atomic E-state index is 0.0135. The van der Waals surface area contributed by atoms with Crippen molar-refractivity contribution in [2.45, 2.75) is 50.4 Å². The number of benzene rings is 2. The molecule has 0 aromatic heterocycles. The number of hydrogen-bond donors (Lipinski definition) is 1. The third-order valence-electron chi connectivity index (χ3n) is 6.47. The molecule has 2 aromatic carbocycles. The van der Waals surface area contributed by atoms with Gasteiger partial charge in [-0.15, -0.1) is 0 Å². The Hall–Kier alpha value is -2.89. The van der Waals surface area contributed by atoms with Crippen LogP contribution in [0.25, 0.3) is 0 Å². The molecule has 164 valence electrons. The second-order valence-corrected chi connectivity index (χ2v) is 8.50. The molecule has 0 unspecified atom stereocenters. The van der Waals surface area contributed by atoms with E-state index in [0.29, 0.717) is 11.4 Å². The van der Waals surface area contributed by atoms with Crippen LogP contribution in [0.5, 0.6) is 5.75 Å². The van der Waals surface area contributed by atoms with Crippen molar-refractivity contribution in [3.8, 4) is 5.75 Å². The number of hydrogen-bond acceptors (Lipinski definition) is 3. The summed E-state index contributed by atoms with van der Waals surface area (Å²) in [6.07, 6.45) is 6.75. The van der Waals surface area contributed by atoms with Crippen LogP contribution in [0.15, 0.2) is 48.5 Å². The zero-order valence-electron chi connectivity index (χ0n) is 17.7. The zero-order chi connectivity index (χ0) is 21.7. The maximum atomic E-state index is 13.4. The molecule has 2 amide bonds. The Morgan fingerprint density at radius 1 is 0.903 bits per heavy atom. The van der Waals surface area contributed by atoms with Gasteiger partial charge in [-0.1, -0.05) is 25.0 Å². The standard InChI is InChI=1S/C25H29FN2O3/c26-20-8-6-19(7-9-20)25(14-2-3-15-25)24(30)27-21-10-12-22(13-11-21)31-18-23(29)28-16-4-1-5-17-28/h6-13H,1-5,14-18H2,(H,27,30). The van der Waals surface area contributed by atoms with Crippen LogP contribution in [0.3, 0.4) is 0 Å². The van der Waals surface area contributed by atoms with Crippen LogP contribution in [0, 0.1) is 5.82 Å². The van der Waals surface area contributed by atoms with Gasteiger partial charge in [-0.2, -0.15) is 0 Å². The highest BCUT2D eigenvalue weighted by atomic mass is 19.1. The van der Waals surface area contributed by atoms with Gasteiger partial charge in [-0.05, 0) is 74.1 Å². The summed E-state index contributed by atoms with van der Waals surface area (Å²) >= 11 is 0. The summed E-state index contributed by atoms with van der Waals surface area (Å²) in [7, 11) is 0. The van der Waals surface area contributed by atoms with Crippen LogP contribution < -0.4 is 10.1 Å².